The average molecular weight is 227 g/mol. The third-order valence-electron chi connectivity index (χ3n) is 2.57. The minimum Gasteiger partial charge on any atom is -0.382 e. The molecule has 0 unspecified atom stereocenters. The lowest BCUT2D eigenvalue weighted by Gasteiger charge is -2.06. The Kier molecular flexibility index (Phi) is 3.38. The van der Waals surface area contributed by atoms with Crippen molar-refractivity contribution in [3.8, 4) is 11.3 Å². The van der Waals surface area contributed by atoms with E-state index < -0.39 is 0 Å². The summed E-state index contributed by atoms with van der Waals surface area (Å²) in [6, 6.07) is 8.45. The van der Waals surface area contributed by atoms with Crippen LogP contribution in [0.3, 0.4) is 0 Å². The van der Waals surface area contributed by atoms with E-state index in [1.54, 1.807) is 12.4 Å². The predicted molar refractivity (Wildman–Crippen MR) is 70.4 cm³/mol. The first-order chi connectivity index (χ1) is 8.15. The molecule has 0 aliphatic heterocycles. The maximum absolute atomic E-state index is 5.51. The average Bonchev–Trinajstić information content (AvgIpc) is 2.30. The van der Waals surface area contributed by atoms with Crippen LogP contribution in [0.5, 0.6) is 0 Å². The molecule has 0 amide bonds. The van der Waals surface area contributed by atoms with Crippen molar-refractivity contribution in [2.45, 2.75) is 20.3 Å². The fraction of sp³-hybridized carbons (Fsp3) is 0.286. The Hall–Kier alpha value is -1.90. The molecule has 88 valence electrons. The quantitative estimate of drug-likeness (QED) is 0.877. The van der Waals surface area contributed by atoms with Crippen LogP contribution in [0.2, 0.25) is 0 Å². The van der Waals surface area contributed by atoms with Crippen molar-refractivity contribution in [2.24, 2.45) is 5.92 Å². The highest BCUT2D eigenvalue weighted by molar-refractivity contribution is 5.58. The van der Waals surface area contributed by atoms with Crippen LogP contribution in [0.25, 0.3) is 11.3 Å². The van der Waals surface area contributed by atoms with Crippen LogP contribution in [-0.4, -0.2) is 9.97 Å². The summed E-state index contributed by atoms with van der Waals surface area (Å²) in [7, 11) is 0. The third kappa shape index (κ3) is 3.03. The van der Waals surface area contributed by atoms with Crippen LogP contribution >= 0.6 is 0 Å². The molecule has 0 aliphatic rings. The summed E-state index contributed by atoms with van der Waals surface area (Å²) in [5.41, 5.74) is 8.79. The number of anilines is 1. The molecule has 0 fully saturated rings. The van der Waals surface area contributed by atoms with Crippen LogP contribution in [0.15, 0.2) is 36.7 Å². The van der Waals surface area contributed by atoms with E-state index >= 15 is 0 Å². The van der Waals surface area contributed by atoms with Gasteiger partial charge < -0.3 is 5.73 Å². The predicted octanol–water partition coefficient (Wildman–Crippen LogP) is 2.92. The highest BCUT2D eigenvalue weighted by Crippen LogP contribution is 2.18. The van der Waals surface area contributed by atoms with Crippen LogP contribution < -0.4 is 5.73 Å². The Labute approximate surface area is 102 Å². The van der Waals surface area contributed by atoms with Gasteiger partial charge in [0.1, 0.15) is 5.82 Å². The van der Waals surface area contributed by atoms with Gasteiger partial charge in [0.15, 0.2) is 0 Å². The van der Waals surface area contributed by atoms with E-state index in [9.17, 15) is 0 Å². The first-order valence-electron chi connectivity index (χ1n) is 5.82. The van der Waals surface area contributed by atoms with Gasteiger partial charge in [-0.3, -0.25) is 4.98 Å². The van der Waals surface area contributed by atoms with E-state index in [0.717, 1.165) is 17.7 Å². The maximum Gasteiger partial charge on any atom is 0.141 e. The smallest absolute Gasteiger partial charge is 0.141 e. The number of rotatable bonds is 3. The highest BCUT2D eigenvalue weighted by Gasteiger charge is 2.01. The standard InChI is InChI=1S/C14H17N3/c1-10(2)7-11-3-5-12(6-4-11)13-8-17-14(15)9-16-13/h3-6,8-10H,7H2,1-2H3,(H2,15,17). The van der Waals surface area contributed by atoms with Crippen molar-refractivity contribution in [2.75, 3.05) is 5.73 Å². The van der Waals surface area contributed by atoms with E-state index in [4.69, 9.17) is 5.73 Å². The van der Waals surface area contributed by atoms with E-state index in [2.05, 4.69) is 48.1 Å². The molecule has 1 heterocycles. The second-order valence-electron chi connectivity index (χ2n) is 4.62. The molecule has 0 aliphatic carbocycles. The van der Waals surface area contributed by atoms with E-state index in [1.807, 2.05) is 0 Å². The van der Waals surface area contributed by atoms with E-state index in [-0.39, 0.29) is 0 Å². The van der Waals surface area contributed by atoms with Gasteiger partial charge in [-0.2, -0.15) is 0 Å². The molecule has 0 bridgehead atoms. The minimum absolute atomic E-state index is 0.449. The van der Waals surface area contributed by atoms with E-state index in [1.165, 1.54) is 5.56 Å². The zero-order valence-electron chi connectivity index (χ0n) is 10.2. The molecular formula is C14H17N3. The number of nitrogens with two attached hydrogens (primary N) is 1. The molecule has 0 saturated heterocycles. The second kappa shape index (κ2) is 4.95. The molecule has 0 radical (unpaired) electrons. The van der Waals surface area contributed by atoms with Gasteiger partial charge in [-0.1, -0.05) is 38.1 Å². The minimum atomic E-state index is 0.449. The normalized spacial score (nSPS) is 10.8. The third-order valence-corrected chi connectivity index (χ3v) is 2.57. The second-order valence-corrected chi connectivity index (χ2v) is 4.62. The summed E-state index contributed by atoms with van der Waals surface area (Å²) < 4.78 is 0. The number of benzene rings is 1. The summed E-state index contributed by atoms with van der Waals surface area (Å²) in [6.07, 6.45) is 4.39. The largest absolute Gasteiger partial charge is 0.382 e. The lowest BCUT2D eigenvalue weighted by Crippen LogP contribution is -1.95. The molecule has 2 aromatic rings. The highest BCUT2D eigenvalue weighted by atomic mass is 14.9. The van der Waals surface area contributed by atoms with Gasteiger partial charge >= 0.3 is 0 Å². The molecule has 2 N–H and O–H groups in total. The van der Waals surface area contributed by atoms with Gasteiger partial charge in [0, 0.05) is 5.56 Å². The van der Waals surface area contributed by atoms with Crippen LogP contribution in [0, 0.1) is 5.92 Å². The molecule has 0 spiro atoms. The summed E-state index contributed by atoms with van der Waals surface area (Å²) in [4.78, 5) is 8.29. The zero-order chi connectivity index (χ0) is 12.3. The Morgan fingerprint density at radius 2 is 1.76 bits per heavy atom. The first kappa shape index (κ1) is 11.6. The molecule has 3 nitrogen and oxygen atoms in total. The summed E-state index contributed by atoms with van der Waals surface area (Å²) in [5, 5.41) is 0. The monoisotopic (exact) mass is 227 g/mol. The summed E-state index contributed by atoms with van der Waals surface area (Å²) in [6.45, 7) is 4.44. The number of hydrogen-bond acceptors (Lipinski definition) is 3. The molecule has 0 atom stereocenters. The lowest BCUT2D eigenvalue weighted by atomic mass is 10.0. The topological polar surface area (TPSA) is 51.8 Å². The van der Waals surface area contributed by atoms with Crippen molar-refractivity contribution < 1.29 is 0 Å². The number of nitrogens with zero attached hydrogens (tertiary/aromatic N) is 2. The Balaban J connectivity index is 2.20. The summed E-state index contributed by atoms with van der Waals surface area (Å²) in [5.74, 6) is 1.13. The SMILES string of the molecule is CC(C)Cc1ccc(-c2cnc(N)cn2)cc1. The van der Waals surface area contributed by atoms with Crippen LogP contribution in [-0.2, 0) is 6.42 Å². The van der Waals surface area contributed by atoms with Gasteiger partial charge in [-0.25, -0.2) is 4.98 Å². The van der Waals surface area contributed by atoms with Crippen molar-refractivity contribution in [1.82, 2.24) is 9.97 Å². The Morgan fingerprint density at radius 1 is 1.06 bits per heavy atom. The van der Waals surface area contributed by atoms with Gasteiger partial charge in [-0.05, 0) is 17.9 Å². The van der Waals surface area contributed by atoms with Crippen LogP contribution in [0.1, 0.15) is 19.4 Å². The van der Waals surface area contributed by atoms with Crippen molar-refractivity contribution in [3.05, 3.63) is 42.2 Å². The lowest BCUT2D eigenvalue weighted by molar-refractivity contribution is 0.647. The zero-order valence-corrected chi connectivity index (χ0v) is 10.2. The number of aromatic nitrogens is 2. The number of hydrogen-bond donors (Lipinski definition) is 1. The molecular weight excluding hydrogens is 210 g/mol. The Morgan fingerprint density at radius 3 is 2.29 bits per heavy atom. The fourth-order valence-electron chi connectivity index (χ4n) is 1.77. The van der Waals surface area contributed by atoms with E-state index in [0.29, 0.717) is 11.7 Å². The first-order valence-corrected chi connectivity index (χ1v) is 5.82. The molecule has 1 aromatic carbocycles. The van der Waals surface area contributed by atoms with Crippen LogP contribution in [0.4, 0.5) is 5.82 Å². The fourth-order valence-corrected chi connectivity index (χ4v) is 1.77. The van der Waals surface area contributed by atoms with Gasteiger partial charge in [-0.15, -0.1) is 0 Å². The van der Waals surface area contributed by atoms with Crippen molar-refractivity contribution in [1.29, 1.82) is 0 Å². The number of nitrogen functional groups attached to an aromatic ring is 1. The van der Waals surface area contributed by atoms with Crippen molar-refractivity contribution in [3.63, 3.8) is 0 Å². The van der Waals surface area contributed by atoms with Gasteiger partial charge in [0.25, 0.3) is 0 Å². The van der Waals surface area contributed by atoms with Gasteiger partial charge in [0.2, 0.25) is 0 Å². The molecule has 0 saturated carbocycles. The Bertz CT molecular complexity index is 472. The molecule has 3 heteroatoms. The molecule has 2 rings (SSSR count). The van der Waals surface area contributed by atoms with Crippen molar-refractivity contribution >= 4 is 5.82 Å². The van der Waals surface area contributed by atoms with Gasteiger partial charge in [0.05, 0.1) is 18.1 Å². The summed E-state index contributed by atoms with van der Waals surface area (Å²) >= 11 is 0. The molecule has 17 heavy (non-hydrogen) atoms. The maximum atomic E-state index is 5.51. The molecule has 1 aromatic heterocycles.